The molecule has 0 aliphatic carbocycles. The Morgan fingerprint density at radius 1 is 0.867 bits per heavy atom. The van der Waals surface area contributed by atoms with E-state index in [0.29, 0.717) is 0 Å². The first-order chi connectivity index (χ1) is 7.10. The van der Waals surface area contributed by atoms with Gasteiger partial charge >= 0.3 is 0 Å². The van der Waals surface area contributed by atoms with E-state index >= 15 is 0 Å². The van der Waals surface area contributed by atoms with Gasteiger partial charge in [0, 0.05) is 26.7 Å². The Hall–Kier alpha value is -0.160. The summed E-state index contributed by atoms with van der Waals surface area (Å²) in [5, 5.41) is 1.92. The van der Waals surface area contributed by atoms with Crippen LogP contribution in [0, 0.1) is 0 Å². The van der Waals surface area contributed by atoms with Crippen molar-refractivity contribution in [1.82, 2.24) is 14.9 Å². The summed E-state index contributed by atoms with van der Waals surface area (Å²) in [5.41, 5.74) is 0. The van der Waals surface area contributed by atoms with Crippen molar-refractivity contribution in [3.8, 4) is 0 Å². The molecule has 0 spiro atoms. The molecule has 0 aromatic rings. The van der Waals surface area contributed by atoms with Crippen LogP contribution < -0.4 is 0 Å². The van der Waals surface area contributed by atoms with Gasteiger partial charge in [-0.2, -0.15) is 5.06 Å². The molecular formula is C11H27N3O. The Labute approximate surface area is 94.7 Å². The van der Waals surface area contributed by atoms with Gasteiger partial charge in [0.1, 0.15) is 0 Å². The van der Waals surface area contributed by atoms with Crippen LogP contribution in [0.3, 0.4) is 0 Å². The fourth-order valence-electron chi connectivity index (χ4n) is 1.27. The van der Waals surface area contributed by atoms with Gasteiger partial charge in [0.15, 0.2) is 0 Å². The molecule has 0 atom stereocenters. The van der Waals surface area contributed by atoms with E-state index < -0.39 is 0 Å². The van der Waals surface area contributed by atoms with Gasteiger partial charge in [0.05, 0.1) is 6.61 Å². The van der Waals surface area contributed by atoms with Gasteiger partial charge in [-0.15, -0.1) is 0 Å². The summed E-state index contributed by atoms with van der Waals surface area (Å²) in [6.07, 6.45) is 0. The Morgan fingerprint density at radius 3 is 1.93 bits per heavy atom. The Morgan fingerprint density at radius 2 is 1.47 bits per heavy atom. The first-order valence-electron chi connectivity index (χ1n) is 5.81. The molecule has 0 saturated heterocycles. The van der Waals surface area contributed by atoms with Crippen LogP contribution in [0.2, 0.25) is 0 Å². The molecule has 0 aromatic carbocycles. The third-order valence-corrected chi connectivity index (χ3v) is 2.48. The molecule has 4 nitrogen and oxygen atoms in total. The molecular weight excluding hydrogens is 190 g/mol. The number of hydroxylamine groups is 2. The van der Waals surface area contributed by atoms with E-state index in [1.165, 1.54) is 0 Å². The molecule has 0 radical (unpaired) electrons. The number of likely N-dealkylation sites (N-methyl/N-ethyl adjacent to an activating group) is 3. The molecule has 92 valence electrons. The number of rotatable bonds is 9. The first-order valence-corrected chi connectivity index (χ1v) is 5.81. The van der Waals surface area contributed by atoms with Crippen molar-refractivity contribution < 1.29 is 4.84 Å². The monoisotopic (exact) mass is 217 g/mol. The van der Waals surface area contributed by atoms with Gasteiger partial charge in [-0.3, -0.25) is 4.84 Å². The third kappa shape index (κ3) is 8.81. The number of hydrogen-bond donors (Lipinski definition) is 0. The minimum Gasteiger partial charge on any atom is -0.308 e. The van der Waals surface area contributed by atoms with Crippen LogP contribution in [0.1, 0.15) is 13.8 Å². The molecule has 4 heteroatoms. The largest absolute Gasteiger partial charge is 0.308 e. The maximum atomic E-state index is 5.59. The zero-order valence-corrected chi connectivity index (χ0v) is 11.0. The summed E-state index contributed by atoms with van der Waals surface area (Å²) in [4.78, 5) is 10.1. The molecule has 0 heterocycles. The highest BCUT2D eigenvalue weighted by atomic mass is 16.7. The molecule has 0 aliphatic rings. The summed E-state index contributed by atoms with van der Waals surface area (Å²) >= 11 is 0. The van der Waals surface area contributed by atoms with Gasteiger partial charge in [0.25, 0.3) is 0 Å². The van der Waals surface area contributed by atoms with Crippen LogP contribution >= 0.6 is 0 Å². The maximum absolute atomic E-state index is 5.59. The van der Waals surface area contributed by atoms with E-state index in [-0.39, 0.29) is 0 Å². The molecule has 0 rings (SSSR count). The van der Waals surface area contributed by atoms with Crippen LogP contribution in [0.5, 0.6) is 0 Å². The fraction of sp³-hybridized carbons (Fsp3) is 1.00. The average Bonchev–Trinajstić information content (AvgIpc) is 2.21. The van der Waals surface area contributed by atoms with E-state index in [0.717, 1.165) is 39.3 Å². The van der Waals surface area contributed by atoms with Crippen LogP contribution in [-0.2, 0) is 4.84 Å². The molecule has 0 aliphatic heterocycles. The van der Waals surface area contributed by atoms with Crippen LogP contribution in [0.15, 0.2) is 0 Å². The van der Waals surface area contributed by atoms with E-state index in [9.17, 15) is 0 Å². The van der Waals surface area contributed by atoms with Gasteiger partial charge in [-0.25, -0.2) is 0 Å². The minimum atomic E-state index is 0.783. The van der Waals surface area contributed by atoms with E-state index in [1.807, 2.05) is 12.1 Å². The second kappa shape index (κ2) is 9.09. The molecule has 15 heavy (non-hydrogen) atoms. The van der Waals surface area contributed by atoms with Gasteiger partial charge < -0.3 is 9.80 Å². The maximum Gasteiger partial charge on any atom is 0.0812 e. The second-order valence-electron chi connectivity index (χ2n) is 4.01. The summed E-state index contributed by atoms with van der Waals surface area (Å²) in [7, 11) is 6.14. The molecule has 0 bridgehead atoms. The summed E-state index contributed by atoms with van der Waals surface area (Å²) in [6.45, 7) is 10.3. The topological polar surface area (TPSA) is 19.0 Å². The quantitative estimate of drug-likeness (QED) is 0.531. The minimum absolute atomic E-state index is 0.783. The highest BCUT2D eigenvalue weighted by Crippen LogP contribution is 1.90. The lowest BCUT2D eigenvalue weighted by Crippen LogP contribution is -2.33. The zero-order chi connectivity index (χ0) is 11.7. The lowest BCUT2D eigenvalue weighted by atomic mass is 10.5. The van der Waals surface area contributed by atoms with Crippen molar-refractivity contribution in [1.29, 1.82) is 0 Å². The molecule has 0 unspecified atom stereocenters. The molecule has 0 saturated carbocycles. The van der Waals surface area contributed by atoms with Crippen molar-refractivity contribution >= 4 is 0 Å². The van der Waals surface area contributed by atoms with Gasteiger partial charge in [-0.1, -0.05) is 13.8 Å². The highest BCUT2D eigenvalue weighted by Gasteiger charge is 2.02. The predicted octanol–water partition coefficient (Wildman–Crippen LogP) is 0.753. The number of hydrogen-bond acceptors (Lipinski definition) is 4. The van der Waals surface area contributed by atoms with Crippen molar-refractivity contribution in [3.05, 3.63) is 0 Å². The van der Waals surface area contributed by atoms with Crippen LogP contribution in [-0.4, -0.2) is 75.3 Å². The van der Waals surface area contributed by atoms with Crippen molar-refractivity contribution in [2.75, 3.05) is 60.5 Å². The predicted molar refractivity (Wildman–Crippen MR) is 64.9 cm³/mol. The van der Waals surface area contributed by atoms with E-state index in [4.69, 9.17) is 4.84 Å². The summed E-state index contributed by atoms with van der Waals surface area (Å²) in [5.74, 6) is 0. The second-order valence-corrected chi connectivity index (χ2v) is 4.01. The average molecular weight is 217 g/mol. The molecule has 0 fully saturated rings. The van der Waals surface area contributed by atoms with Crippen LogP contribution in [0.4, 0.5) is 0 Å². The Kier molecular flexibility index (Phi) is 9.00. The van der Waals surface area contributed by atoms with Gasteiger partial charge in [-0.05, 0) is 27.2 Å². The van der Waals surface area contributed by atoms with Crippen molar-refractivity contribution in [2.24, 2.45) is 0 Å². The molecule has 0 N–H and O–H groups in total. The van der Waals surface area contributed by atoms with Crippen molar-refractivity contribution in [2.45, 2.75) is 13.8 Å². The molecule has 0 amide bonds. The normalized spacial score (nSPS) is 12.0. The van der Waals surface area contributed by atoms with E-state index in [2.05, 4.69) is 37.7 Å². The summed E-state index contributed by atoms with van der Waals surface area (Å²) in [6, 6.07) is 0. The Balaban J connectivity index is 3.41. The fourth-order valence-corrected chi connectivity index (χ4v) is 1.27. The van der Waals surface area contributed by atoms with E-state index in [1.54, 1.807) is 0 Å². The number of nitrogens with zero attached hydrogens (tertiary/aromatic N) is 3. The summed E-state index contributed by atoms with van der Waals surface area (Å²) < 4.78 is 0. The van der Waals surface area contributed by atoms with Crippen molar-refractivity contribution in [3.63, 3.8) is 0 Å². The SMILES string of the molecule is CCN(CC)CCON(C)CCN(C)C. The first kappa shape index (κ1) is 14.8. The highest BCUT2D eigenvalue weighted by molar-refractivity contribution is 4.50. The van der Waals surface area contributed by atoms with Gasteiger partial charge in [0.2, 0.25) is 0 Å². The Bertz CT molecular complexity index is 138. The standard InChI is InChI=1S/C11H27N3O/c1-6-14(7-2)10-11-15-13(5)9-8-12(3)4/h6-11H2,1-5H3. The lowest BCUT2D eigenvalue weighted by Gasteiger charge is -2.22. The smallest absolute Gasteiger partial charge is 0.0812 e. The molecule has 0 aromatic heterocycles. The van der Waals surface area contributed by atoms with Crippen LogP contribution in [0.25, 0.3) is 0 Å². The zero-order valence-electron chi connectivity index (χ0n) is 11.0. The lowest BCUT2D eigenvalue weighted by molar-refractivity contribution is -0.144. The third-order valence-electron chi connectivity index (χ3n) is 2.48.